The van der Waals surface area contributed by atoms with E-state index in [4.69, 9.17) is 0 Å². The first-order chi connectivity index (χ1) is 13.0. The Hall–Kier alpha value is -2.90. The SMILES string of the molecule is CN(C)c1ccnc(N[C@H]2CC[C@@H](NC(=O)Nc3ccc(F)cc3)CC2)n1. The highest BCUT2D eigenvalue weighted by molar-refractivity contribution is 5.89. The summed E-state index contributed by atoms with van der Waals surface area (Å²) < 4.78 is 12.9. The van der Waals surface area contributed by atoms with Gasteiger partial charge in [0, 0.05) is 38.1 Å². The van der Waals surface area contributed by atoms with E-state index in [2.05, 4.69) is 25.9 Å². The largest absolute Gasteiger partial charge is 0.363 e. The van der Waals surface area contributed by atoms with Crippen molar-refractivity contribution in [3.63, 3.8) is 0 Å². The Morgan fingerprint density at radius 2 is 1.74 bits per heavy atom. The summed E-state index contributed by atoms with van der Waals surface area (Å²) in [6.45, 7) is 0. The lowest BCUT2D eigenvalue weighted by Crippen LogP contribution is -2.42. The third-order valence-corrected chi connectivity index (χ3v) is 4.60. The molecule has 1 aromatic heterocycles. The number of halogens is 1. The van der Waals surface area contributed by atoms with Crippen LogP contribution >= 0.6 is 0 Å². The topological polar surface area (TPSA) is 82.2 Å². The predicted octanol–water partition coefficient (Wildman–Crippen LogP) is 3.23. The van der Waals surface area contributed by atoms with Gasteiger partial charge in [-0.05, 0) is 56.0 Å². The molecule has 144 valence electrons. The summed E-state index contributed by atoms with van der Waals surface area (Å²) in [6.07, 6.45) is 5.36. The maximum atomic E-state index is 12.9. The van der Waals surface area contributed by atoms with Crippen LogP contribution in [0.2, 0.25) is 0 Å². The molecule has 1 aliphatic carbocycles. The first kappa shape index (κ1) is 18.9. The van der Waals surface area contributed by atoms with E-state index in [1.807, 2.05) is 25.1 Å². The lowest BCUT2D eigenvalue weighted by Gasteiger charge is -2.29. The fourth-order valence-corrected chi connectivity index (χ4v) is 3.12. The van der Waals surface area contributed by atoms with Crippen LogP contribution in [0.25, 0.3) is 0 Å². The molecule has 0 radical (unpaired) electrons. The van der Waals surface area contributed by atoms with E-state index in [-0.39, 0.29) is 17.9 Å². The van der Waals surface area contributed by atoms with Crippen LogP contribution in [-0.2, 0) is 0 Å². The monoisotopic (exact) mass is 372 g/mol. The molecule has 0 saturated heterocycles. The lowest BCUT2D eigenvalue weighted by atomic mass is 9.91. The Balaban J connectivity index is 1.44. The lowest BCUT2D eigenvalue weighted by molar-refractivity contribution is 0.243. The molecular formula is C19H25FN6O. The number of benzene rings is 1. The summed E-state index contributed by atoms with van der Waals surface area (Å²) in [7, 11) is 3.89. The Kier molecular flexibility index (Phi) is 6.05. The summed E-state index contributed by atoms with van der Waals surface area (Å²) in [4.78, 5) is 22.8. The van der Waals surface area contributed by atoms with Gasteiger partial charge in [0.15, 0.2) is 0 Å². The van der Waals surface area contributed by atoms with E-state index in [0.717, 1.165) is 31.5 Å². The van der Waals surface area contributed by atoms with Crippen molar-refractivity contribution in [1.82, 2.24) is 15.3 Å². The van der Waals surface area contributed by atoms with Crippen LogP contribution in [0.1, 0.15) is 25.7 Å². The molecular weight excluding hydrogens is 347 g/mol. The van der Waals surface area contributed by atoms with Gasteiger partial charge in [0.1, 0.15) is 11.6 Å². The van der Waals surface area contributed by atoms with Crippen molar-refractivity contribution in [2.45, 2.75) is 37.8 Å². The molecule has 3 N–H and O–H groups in total. The third kappa shape index (κ3) is 5.54. The molecule has 7 nitrogen and oxygen atoms in total. The molecule has 2 aromatic rings. The average Bonchev–Trinajstić information content (AvgIpc) is 2.65. The van der Waals surface area contributed by atoms with Crippen LogP contribution in [0.3, 0.4) is 0 Å². The molecule has 1 saturated carbocycles. The van der Waals surface area contributed by atoms with Crippen LogP contribution in [0.5, 0.6) is 0 Å². The number of hydrogen-bond donors (Lipinski definition) is 3. The van der Waals surface area contributed by atoms with Crippen LogP contribution in [0.4, 0.5) is 26.6 Å². The van der Waals surface area contributed by atoms with Gasteiger partial charge >= 0.3 is 6.03 Å². The number of amides is 2. The van der Waals surface area contributed by atoms with Crippen molar-refractivity contribution < 1.29 is 9.18 Å². The Bertz CT molecular complexity index is 759. The zero-order chi connectivity index (χ0) is 19.2. The molecule has 0 spiro atoms. The Labute approximate surface area is 158 Å². The molecule has 0 unspecified atom stereocenters. The number of aromatic nitrogens is 2. The number of nitrogens with zero attached hydrogens (tertiary/aromatic N) is 3. The maximum absolute atomic E-state index is 12.9. The molecule has 0 bridgehead atoms. The van der Waals surface area contributed by atoms with E-state index >= 15 is 0 Å². The first-order valence-corrected chi connectivity index (χ1v) is 9.09. The van der Waals surface area contributed by atoms with Gasteiger partial charge in [-0.1, -0.05) is 0 Å². The van der Waals surface area contributed by atoms with Crippen LogP contribution < -0.4 is 20.9 Å². The summed E-state index contributed by atoms with van der Waals surface area (Å²) >= 11 is 0. The highest BCUT2D eigenvalue weighted by Gasteiger charge is 2.23. The van der Waals surface area contributed by atoms with Gasteiger partial charge in [0.25, 0.3) is 0 Å². The number of carbonyl (C=O) groups is 1. The zero-order valence-electron chi connectivity index (χ0n) is 15.6. The minimum atomic E-state index is -0.327. The highest BCUT2D eigenvalue weighted by Crippen LogP contribution is 2.22. The number of anilines is 3. The molecule has 27 heavy (non-hydrogen) atoms. The van der Waals surface area contributed by atoms with E-state index in [9.17, 15) is 9.18 Å². The van der Waals surface area contributed by atoms with Gasteiger partial charge in [-0.15, -0.1) is 0 Å². The molecule has 1 heterocycles. The van der Waals surface area contributed by atoms with Gasteiger partial charge < -0.3 is 20.9 Å². The first-order valence-electron chi connectivity index (χ1n) is 9.09. The Morgan fingerprint density at radius 1 is 1.07 bits per heavy atom. The second-order valence-corrected chi connectivity index (χ2v) is 6.93. The molecule has 1 aliphatic rings. The minimum absolute atomic E-state index is 0.123. The normalized spacial score (nSPS) is 19.2. The highest BCUT2D eigenvalue weighted by atomic mass is 19.1. The van der Waals surface area contributed by atoms with Gasteiger partial charge in [0.2, 0.25) is 5.95 Å². The number of urea groups is 1. The second kappa shape index (κ2) is 8.66. The molecule has 3 rings (SSSR count). The molecule has 1 aromatic carbocycles. The smallest absolute Gasteiger partial charge is 0.319 e. The fourth-order valence-electron chi connectivity index (χ4n) is 3.12. The standard InChI is InChI=1S/C19H25FN6O/c1-26(2)17-11-12-21-18(25-17)22-14-7-9-16(10-8-14)24-19(27)23-15-5-3-13(20)4-6-15/h3-6,11-12,14,16H,7-10H2,1-2H3,(H,21,22,25)(H2,23,24,27)/t14-,16+. The molecule has 8 heteroatoms. The molecule has 0 aliphatic heterocycles. The van der Waals surface area contributed by atoms with Crippen LogP contribution in [0.15, 0.2) is 36.5 Å². The van der Waals surface area contributed by atoms with Crippen molar-refractivity contribution in [3.05, 3.63) is 42.3 Å². The summed E-state index contributed by atoms with van der Waals surface area (Å²) in [5.74, 6) is 1.17. The summed E-state index contributed by atoms with van der Waals surface area (Å²) in [5, 5.41) is 9.09. The van der Waals surface area contributed by atoms with E-state index in [1.165, 1.54) is 24.3 Å². The predicted molar refractivity (Wildman–Crippen MR) is 105 cm³/mol. The number of rotatable bonds is 5. The minimum Gasteiger partial charge on any atom is -0.363 e. The molecule has 1 fully saturated rings. The summed E-state index contributed by atoms with van der Waals surface area (Å²) in [6, 6.07) is 7.74. The van der Waals surface area contributed by atoms with Gasteiger partial charge in [-0.3, -0.25) is 0 Å². The number of hydrogen-bond acceptors (Lipinski definition) is 5. The van der Waals surface area contributed by atoms with E-state index in [1.54, 1.807) is 6.20 Å². The van der Waals surface area contributed by atoms with Crippen molar-refractivity contribution in [1.29, 1.82) is 0 Å². The van der Waals surface area contributed by atoms with Gasteiger partial charge in [-0.25, -0.2) is 14.2 Å². The van der Waals surface area contributed by atoms with Gasteiger partial charge in [0.05, 0.1) is 0 Å². The quantitative estimate of drug-likeness (QED) is 0.751. The van der Waals surface area contributed by atoms with Crippen LogP contribution in [-0.4, -0.2) is 42.2 Å². The van der Waals surface area contributed by atoms with Gasteiger partial charge in [-0.2, -0.15) is 4.98 Å². The fraction of sp³-hybridized carbons (Fsp3) is 0.421. The molecule has 2 amide bonds. The van der Waals surface area contributed by atoms with E-state index < -0.39 is 0 Å². The number of nitrogens with one attached hydrogen (secondary N) is 3. The summed E-state index contributed by atoms with van der Waals surface area (Å²) in [5.41, 5.74) is 0.571. The van der Waals surface area contributed by atoms with E-state index in [0.29, 0.717) is 17.7 Å². The average molecular weight is 372 g/mol. The third-order valence-electron chi connectivity index (χ3n) is 4.60. The second-order valence-electron chi connectivity index (χ2n) is 6.93. The number of carbonyl (C=O) groups excluding carboxylic acids is 1. The van der Waals surface area contributed by atoms with Crippen LogP contribution in [0, 0.1) is 5.82 Å². The maximum Gasteiger partial charge on any atom is 0.319 e. The molecule has 0 atom stereocenters. The Morgan fingerprint density at radius 3 is 2.41 bits per heavy atom. The van der Waals surface area contributed by atoms with Crippen molar-refractivity contribution in [3.8, 4) is 0 Å². The van der Waals surface area contributed by atoms with Crippen molar-refractivity contribution in [2.24, 2.45) is 0 Å². The van der Waals surface area contributed by atoms with Crippen molar-refractivity contribution in [2.75, 3.05) is 29.6 Å². The zero-order valence-corrected chi connectivity index (χ0v) is 15.6. The van der Waals surface area contributed by atoms with Crippen molar-refractivity contribution >= 4 is 23.5 Å².